The fourth-order valence-corrected chi connectivity index (χ4v) is 2.99. The van der Waals surface area contributed by atoms with Gasteiger partial charge in [0.2, 0.25) is 0 Å². The minimum Gasteiger partial charge on any atom is -0.369 e. The van der Waals surface area contributed by atoms with Crippen LogP contribution < -0.4 is 10.2 Å². The summed E-state index contributed by atoms with van der Waals surface area (Å²) in [5, 5.41) is 4.40. The van der Waals surface area contributed by atoms with Gasteiger partial charge in [-0.2, -0.15) is 0 Å². The number of anilines is 2. The number of pyridine rings is 1. The summed E-state index contributed by atoms with van der Waals surface area (Å²) in [6.45, 7) is 7.17. The molecule has 0 spiro atoms. The molecule has 1 unspecified atom stereocenters. The first-order valence-corrected chi connectivity index (χ1v) is 7.72. The third-order valence-corrected chi connectivity index (χ3v) is 4.14. The van der Waals surface area contributed by atoms with Gasteiger partial charge in [0.1, 0.15) is 11.6 Å². The highest BCUT2D eigenvalue weighted by molar-refractivity contribution is 6.37. The van der Waals surface area contributed by atoms with E-state index in [9.17, 15) is 0 Å². The lowest BCUT2D eigenvalue weighted by Crippen LogP contribution is -2.25. The molecule has 0 saturated carbocycles. The molecule has 0 aliphatic carbocycles. The number of nitrogens with zero attached hydrogens (tertiary/aromatic N) is 2. The SMILES string of the molecule is CCNc1nc(N2CCCC(C)CC2)c(Cl)cc1Cl. The third-order valence-electron chi connectivity index (χ3n) is 3.57. The lowest BCUT2D eigenvalue weighted by molar-refractivity contribution is 0.521. The maximum absolute atomic E-state index is 6.31. The smallest absolute Gasteiger partial charge is 0.149 e. The highest BCUT2D eigenvalue weighted by Crippen LogP contribution is 2.33. The lowest BCUT2D eigenvalue weighted by Gasteiger charge is -2.23. The molecule has 1 saturated heterocycles. The molecule has 1 aromatic heterocycles. The molecule has 1 aliphatic heterocycles. The van der Waals surface area contributed by atoms with Gasteiger partial charge in [0.25, 0.3) is 0 Å². The highest BCUT2D eigenvalue weighted by atomic mass is 35.5. The van der Waals surface area contributed by atoms with Gasteiger partial charge in [0.15, 0.2) is 0 Å². The van der Waals surface area contributed by atoms with E-state index in [0.717, 1.165) is 37.2 Å². The molecule has 1 aromatic rings. The lowest BCUT2D eigenvalue weighted by atomic mass is 10.0. The van der Waals surface area contributed by atoms with Crippen LogP contribution in [0.15, 0.2) is 6.07 Å². The first-order chi connectivity index (χ1) is 9.11. The molecule has 1 atom stereocenters. The van der Waals surface area contributed by atoms with Crippen molar-refractivity contribution in [2.75, 3.05) is 29.9 Å². The number of nitrogens with one attached hydrogen (secondary N) is 1. The predicted octanol–water partition coefficient (Wildman–Crippen LogP) is 4.45. The van der Waals surface area contributed by atoms with E-state index in [1.54, 1.807) is 6.07 Å². The Bertz CT molecular complexity index is 437. The number of aromatic nitrogens is 1. The molecule has 106 valence electrons. The highest BCUT2D eigenvalue weighted by Gasteiger charge is 2.19. The Morgan fingerprint density at radius 3 is 2.84 bits per heavy atom. The van der Waals surface area contributed by atoms with Crippen LogP contribution in [0, 0.1) is 5.92 Å². The van der Waals surface area contributed by atoms with Crippen molar-refractivity contribution in [3.8, 4) is 0 Å². The zero-order chi connectivity index (χ0) is 13.8. The average molecular weight is 302 g/mol. The van der Waals surface area contributed by atoms with E-state index in [1.807, 2.05) is 6.92 Å². The molecule has 1 N–H and O–H groups in total. The summed E-state index contributed by atoms with van der Waals surface area (Å²) < 4.78 is 0. The fourth-order valence-electron chi connectivity index (χ4n) is 2.44. The van der Waals surface area contributed by atoms with E-state index in [1.165, 1.54) is 19.3 Å². The van der Waals surface area contributed by atoms with Crippen LogP contribution >= 0.6 is 23.2 Å². The van der Waals surface area contributed by atoms with Gasteiger partial charge < -0.3 is 10.2 Å². The van der Waals surface area contributed by atoms with Crippen LogP contribution in [-0.2, 0) is 0 Å². The maximum atomic E-state index is 6.31. The van der Waals surface area contributed by atoms with Crippen molar-refractivity contribution in [3.05, 3.63) is 16.1 Å². The summed E-state index contributed by atoms with van der Waals surface area (Å²) in [7, 11) is 0. The van der Waals surface area contributed by atoms with Crippen molar-refractivity contribution in [3.63, 3.8) is 0 Å². The van der Waals surface area contributed by atoms with Crippen molar-refractivity contribution >= 4 is 34.8 Å². The molecule has 2 heterocycles. The van der Waals surface area contributed by atoms with E-state index >= 15 is 0 Å². The normalized spacial score (nSPS) is 20.2. The van der Waals surface area contributed by atoms with Gasteiger partial charge >= 0.3 is 0 Å². The van der Waals surface area contributed by atoms with Crippen molar-refractivity contribution in [2.45, 2.75) is 33.1 Å². The second-order valence-electron chi connectivity index (χ2n) is 5.18. The van der Waals surface area contributed by atoms with Crippen molar-refractivity contribution in [1.29, 1.82) is 0 Å². The number of hydrogen-bond donors (Lipinski definition) is 1. The van der Waals surface area contributed by atoms with Crippen LogP contribution in [0.5, 0.6) is 0 Å². The summed E-state index contributed by atoms with van der Waals surface area (Å²) in [6, 6.07) is 1.79. The molecule has 3 nitrogen and oxygen atoms in total. The van der Waals surface area contributed by atoms with E-state index in [-0.39, 0.29) is 0 Å². The minimum atomic E-state index is 0.582. The van der Waals surface area contributed by atoms with Crippen molar-refractivity contribution in [1.82, 2.24) is 4.98 Å². The summed E-state index contributed by atoms with van der Waals surface area (Å²) in [6.07, 6.45) is 3.66. The largest absolute Gasteiger partial charge is 0.369 e. The van der Waals surface area contributed by atoms with Crippen LogP contribution in [0.3, 0.4) is 0 Å². The van der Waals surface area contributed by atoms with Gasteiger partial charge in [-0.05, 0) is 38.2 Å². The molecule has 1 aliphatic rings. The minimum absolute atomic E-state index is 0.582. The molecule has 1 fully saturated rings. The summed E-state index contributed by atoms with van der Waals surface area (Å²) in [4.78, 5) is 6.88. The van der Waals surface area contributed by atoms with Gasteiger partial charge in [-0.1, -0.05) is 30.1 Å². The van der Waals surface area contributed by atoms with E-state index in [2.05, 4.69) is 22.1 Å². The van der Waals surface area contributed by atoms with Gasteiger partial charge in [0, 0.05) is 19.6 Å². The molecule has 19 heavy (non-hydrogen) atoms. The Labute approximate surface area is 125 Å². The van der Waals surface area contributed by atoms with Crippen LogP contribution in [0.1, 0.15) is 33.1 Å². The van der Waals surface area contributed by atoms with Crippen molar-refractivity contribution < 1.29 is 0 Å². The second-order valence-corrected chi connectivity index (χ2v) is 5.99. The monoisotopic (exact) mass is 301 g/mol. The zero-order valence-corrected chi connectivity index (χ0v) is 13.1. The number of rotatable bonds is 3. The molecular formula is C14H21Cl2N3. The average Bonchev–Trinajstić information content (AvgIpc) is 2.58. The first kappa shape index (κ1) is 14.7. The Morgan fingerprint density at radius 1 is 1.32 bits per heavy atom. The Hall–Kier alpha value is -0.670. The van der Waals surface area contributed by atoms with Gasteiger partial charge in [-0.15, -0.1) is 0 Å². The quantitative estimate of drug-likeness (QED) is 0.894. The number of halogens is 2. The molecule has 2 rings (SSSR count). The molecule has 0 radical (unpaired) electrons. The molecular weight excluding hydrogens is 281 g/mol. The third kappa shape index (κ3) is 3.67. The van der Waals surface area contributed by atoms with E-state index in [0.29, 0.717) is 10.0 Å². The van der Waals surface area contributed by atoms with Crippen LogP contribution in [0.2, 0.25) is 10.0 Å². The molecule has 0 aromatic carbocycles. The van der Waals surface area contributed by atoms with Crippen LogP contribution in [0.4, 0.5) is 11.6 Å². The van der Waals surface area contributed by atoms with Crippen LogP contribution in [0.25, 0.3) is 0 Å². The first-order valence-electron chi connectivity index (χ1n) is 6.96. The summed E-state index contributed by atoms with van der Waals surface area (Å²) >= 11 is 12.5. The Kier molecular flexibility index (Phi) is 5.17. The second kappa shape index (κ2) is 6.67. The Balaban J connectivity index is 2.25. The van der Waals surface area contributed by atoms with Crippen molar-refractivity contribution in [2.24, 2.45) is 5.92 Å². The molecule has 0 bridgehead atoms. The standard InChI is InChI=1S/C14H21Cl2N3/c1-3-17-13-11(15)9-12(16)14(18-13)19-7-4-5-10(2)6-8-19/h9-10H,3-8H2,1-2H3,(H,17,18). The molecule has 5 heteroatoms. The topological polar surface area (TPSA) is 28.2 Å². The van der Waals surface area contributed by atoms with Gasteiger partial charge in [-0.3, -0.25) is 0 Å². The predicted molar refractivity (Wildman–Crippen MR) is 83.6 cm³/mol. The van der Waals surface area contributed by atoms with Gasteiger partial charge in [-0.25, -0.2) is 4.98 Å². The van der Waals surface area contributed by atoms with E-state index < -0.39 is 0 Å². The summed E-state index contributed by atoms with van der Waals surface area (Å²) in [5.74, 6) is 2.36. The van der Waals surface area contributed by atoms with Gasteiger partial charge in [0.05, 0.1) is 10.0 Å². The zero-order valence-electron chi connectivity index (χ0n) is 11.5. The number of hydrogen-bond acceptors (Lipinski definition) is 3. The maximum Gasteiger partial charge on any atom is 0.149 e. The summed E-state index contributed by atoms with van der Waals surface area (Å²) in [5.41, 5.74) is 0. The molecule has 0 amide bonds. The van der Waals surface area contributed by atoms with Crippen LogP contribution in [-0.4, -0.2) is 24.6 Å². The Morgan fingerprint density at radius 2 is 2.11 bits per heavy atom. The fraction of sp³-hybridized carbons (Fsp3) is 0.643. The van der Waals surface area contributed by atoms with E-state index in [4.69, 9.17) is 23.2 Å².